The van der Waals surface area contributed by atoms with E-state index in [1.807, 2.05) is 0 Å². The number of ether oxygens (including phenoxy) is 2. The molecule has 0 saturated carbocycles. The Morgan fingerprint density at radius 3 is 2.27 bits per heavy atom. The van der Waals surface area contributed by atoms with Crippen molar-refractivity contribution >= 4 is 11.9 Å². The Morgan fingerprint density at radius 1 is 1.00 bits per heavy atom. The molecule has 2 aromatic carbocycles. The van der Waals surface area contributed by atoms with Crippen molar-refractivity contribution in [3.8, 4) is 17.4 Å². The number of carbonyl (C=O) groups is 2. The zero-order valence-corrected chi connectivity index (χ0v) is 23.5. The number of hydrogen-bond acceptors (Lipinski definition) is 6. The normalized spacial score (nSPS) is 17.6. The Kier molecular flexibility index (Phi) is 9.02. The predicted molar refractivity (Wildman–Crippen MR) is 140 cm³/mol. The highest BCUT2D eigenvalue weighted by Crippen LogP contribution is 2.50. The molecule has 3 amide bonds. The van der Waals surface area contributed by atoms with Gasteiger partial charge >= 0.3 is 25.0 Å². The fourth-order valence-electron chi connectivity index (χ4n) is 4.75. The van der Waals surface area contributed by atoms with Crippen LogP contribution in [0.25, 0.3) is 0 Å². The number of pyridine rings is 1. The second-order valence-corrected chi connectivity index (χ2v) is 10.2. The zero-order chi connectivity index (χ0) is 33.4. The van der Waals surface area contributed by atoms with Crippen LogP contribution < -0.4 is 14.8 Å². The monoisotopic (exact) mass is 647 g/mol. The molecule has 8 nitrogen and oxygen atoms in total. The molecule has 16 heteroatoms. The van der Waals surface area contributed by atoms with Crippen LogP contribution in [0.1, 0.15) is 42.5 Å². The van der Waals surface area contributed by atoms with Gasteiger partial charge in [0.05, 0.1) is 6.54 Å². The fourth-order valence-corrected chi connectivity index (χ4v) is 4.75. The number of nitrogens with zero attached hydrogens (tertiary/aromatic N) is 2. The van der Waals surface area contributed by atoms with Crippen LogP contribution in [0.15, 0.2) is 60.8 Å². The molecule has 1 aliphatic heterocycles. The lowest BCUT2D eigenvalue weighted by molar-refractivity contribution is -0.376. The molecule has 1 aliphatic rings. The molecule has 0 spiro atoms. The Morgan fingerprint density at radius 2 is 1.69 bits per heavy atom. The van der Waals surface area contributed by atoms with Gasteiger partial charge in [0.15, 0.2) is 0 Å². The van der Waals surface area contributed by atoms with E-state index < -0.39 is 53.5 Å². The number of halogens is 8. The summed E-state index contributed by atoms with van der Waals surface area (Å²) in [5.41, 5.74) is -7.58. The van der Waals surface area contributed by atoms with Gasteiger partial charge in [-0.2, -0.15) is 35.1 Å². The number of rotatable bonds is 10. The molecule has 2 N–H and O–H groups in total. The van der Waals surface area contributed by atoms with Crippen LogP contribution in [-0.2, 0) is 28.9 Å². The fraction of sp³-hybridized carbons (Fsp3) is 0.345. The second-order valence-electron chi connectivity index (χ2n) is 10.2. The maximum absolute atomic E-state index is 13.4. The summed E-state index contributed by atoms with van der Waals surface area (Å²) in [6, 6.07) is 9.50. The number of amides is 3. The molecule has 0 aliphatic carbocycles. The number of imide groups is 1. The maximum Gasteiger partial charge on any atom is 0.430 e. The molecule has 242 valence electrons. The third-order valence-corrected chi connectivity index (χ3v) is 7.08. The quantitative estimate of drug-likeness (QED) is 0.188. The molecule has 0 bridgehead atoms. The first-order valence-electron chi connectivity index (χ1n) is 13.2. The van der Waals surface area contributed by atoms with Crippen molar-refractivity contribution < 1.29 is 59.3 Å². The van der Waals surface area contributed by atoms with Gasteiger partial charge in [0, 0.05) is 23.4 Å². The maximum atomic E-state index is 13.4. The number of hydrogen-bond donors (Lipinski definition) is 2. The third kappa shape index (κ3) is 6.50. The van der Waals surface area contributed by atoms with Gasteiger partial charge in [0.2, 0.25) is 5.88 Å². The standard InChI is InChI=1S/C29H25F8N3O5/c1-3-5-17-13-18(27(43,28(32,33)34)29(35,36)37)8-10-21(17)44-20-7-4-6-16(12-20)15-40-23(41)26(2,39-25(40)42)19-9-11-22(38-14-19)45-24(30)31/h4,6-14,24,43H,3,5,15H2,1-2H3,(H,39,42). The van der Waals surface area contributed by atoms with Gasteiger partial charge in [0.25, 0.3) is 11.5 Å². The number of alkyl halides is 8. The lowest BCUT2D eigenvalue weighted by atomic mass is 9.90. The van der Waals surface area contributed by atoms with E-state index in [4.69, 9.17) is 4.74 Å². The second kappa shape index (κ2) is 12.1. The number of carbonyl (C=O) groups excluding carboxylic acids is 2. The van der Waals surface area contributed by atoms with Gasteiger partial charge in [-0.3, -0.25) is 9.69 Å². The van der Waals surface area contributed by atoms with Crippen molar-refractivity contribution in [2.24, 2.45) is 0 Å². The molecule has 1 atom stereocenters. The number of aryl methyl sites for hydroxylation is 1. The highest BCUT2D eigenvalue weighted by molar-refractivity contribution is 6.07. The van der Waals surface area contributed by atoms with Crippen LogP contribution in [0.2, 0.25) is 0 Å². The zero-order valence-electron chi connectivity index (χ0n) is 23.5. The van der Waals surface area contributed by atoms with Crippen LogP contribution in [0.5, 0.6) is 17.4 Å². The van der Waals surface area contributed by atoms with Crippen molar-refractivity contribution in [1.29, 1.82) is 0 Å². The number of nitrogens with one attached hydrogen (secondary N) is 1. The van der Waals surface area contributed by atoms with Gasteiger partial charge in [-0.1, -0.05) is 31.5 Å². The summed E-state index contributed by atoms with van der Waals surface area (Å²) < 4.78 is 115. The van der Waals surface area contributed by atoms with E-state index in [1.54, 1.807) is 13.0 Å². The van der Waals surface area contributed by atoms with Crippen LogP contribution in [0.3, 0.4) is 0 Å². The molecule has 2 heterocycles. The molecule has 1 aromatic heterocycles. The summed E-state index contributed by atoms with van der Waals surface area (Å²) >= 11 is 0. The first-order chi connectivity index (χ1) is 20.9. The lowest BCUT2D eigenvalue weighted by Gasteiger charge is -2.33. The Labute approximate surface area is 250 Å². The summed E-state index contributed by atoms with van der Waals surface area (Å²) in [4.78, 5) is 30.7. The van der Waals surface area contributed by atoms with Crippen molar-refractivity contribution in [2.45, 2.75) is 63.3 Å². The number of aromatic nitrogens is 1. The van der Waals surface area contributed by atoms with Gasteiger partial charge in [-0.05, 0) is 54.8 Å². The molecule has 3 aromatic rings. The van der Waals surface area contributed by atoms with Crippen molar-refractivity contribution in [3.63, 3.8) is 0 Å². The van der Waals surface area contributed by atoms with Gasteiger partial charge < -0.3 is 19.9 Å². The molecule has 1 saturated heterocycles. The van der Waals surface area contributed by atoms with Crippen LogP contribution >= 0.6 is 0 Å². The average molecular weight is 648 g/mol. The number of benzene rings is 2. The Hall–Kier alpha value is -4.47. The smallest absolute Gasteiger partial charge is 0.430 e. The van der Waals surface area contributed by atoms with Crippen molar-refractivity contribution in [2.75, 3.05) is 0 Å². The summed E-state index contributed by atoms with van der Waals surface area (Å²) in [5, 5.41) is 12.3. The molecule has 4 rings (SSSR count). The van der Waals surface area contributed by atoms with E-state index in [0.29, 0.717) is 24.1 Å². The Bertz CT molecular complexity index is 1550. The van der Waals surface area contributed by atoms with E-state index in [0.717, 1.165) is 23.2 Å². The van der Waals surface area contributed by atoms with E-state index in [2.05, 4.69) is 15.0 Å². The molecule has 45 heavy (non-hydrogen) atoms. The van der Waals surface area contributed by atoms with Crippen LogP contribution in [-0.4, -0.2) is 45.9 Å². The van der Waals surface area contributed by atoms with Crippen molar-refractivity contribution in [3.05, 3.63) is 83.0 Å². The lowest BCUT2D eigenvalue weighted by Crippen LogP contribution is -2.53. The topological polar surface area (TPSA) is 101 Å². The van der Waals surface area contributed by atoms with Gasteiger partial charge in [0.1, 0.15) is 17.0 Å². The minimum atomic E-state index is -6.05. The first-order valence-corrected chi connectivity index (χ1v) is 13.2. The highest BCUT2D eigenvalue weighted by atomic mass is 19.4. The van der Waals surface area contributed by atoms with E-state index >= 15 is 0 Å². The number of aliphatic hydroxyl groups is 1. The minimum absolute atomic E-state index is 0.0137. The van der Waals surface area contributed by atoms with Crippen LogP contribution in [0.4, 0.5) is 39.9 Å². The molecule has 1 fully saturated rings. The first kappa shape index (κ1) is 33.4. The van der Waals surface area contributed by atoms with Gasteiger partial charge in [-0.25, -0.2) is 9.78 Å². The minimum Gasteiger partial charge on any atom is -0.457 e. The van der Waals surface area contributed by atoms with E-state index in [-0.39, 0.29) is 35.6 Å². The number of urea groups is 1. The summed E-state index contributed by atoms with van der Waals surface area (Å²) in [6.07, 6.45) is -10.7. The van der Waals surface area contributed by atoms with E-state index in [9.17, 15) is 49.8 Å². The third-order valence-electron chi connectivity index (χ3n) is 7.08. The van der Waals surface area contributed by atoms with E-state index in [1.165, 1.54) is 31.2 Å². The highest BCUT2D eigenvalue weighted by Gasteiger charge is 2.71. The molecular formula is C29H25F8N3O5. The summed E-state index contributed by atoms with van der Waals surface area (Å²) in [5.74, 6) is -1.06. The average Bonchev–Trinajstić information content (AvgIpc) is 3.16. The molecule has 1 unspecified atom stereocenters. The Balaban J connectivity index is 1.56. The summed E-state index contributed by atoms with van der Waals surface area (Å²) in [6.45, 7) is -0.329. The van der Waals surface area contributed by atoms with Crippen molar-refractivity contribution in [1.82, 2.24) is 15.2 Å². The largest absolute Gasteiger partial charge is 0.457 e. The molecular weight excluding hydrogens is 622 g/mol. The SMILES string of the molecule is CCCc1cc(C(O)(C(F)(F)F)C(F)(F)F)ccc1Oc1cccc(CN2C(=O)NC(C)(c3ccc(OC(F)F)nc3)C2=O)c1. The van der Waals surface area contributed by atoms with Crippen LogP contribution in [0, 0.1) is 0 Å². The van der Waals surface area contributed by atoms with Gasteiger partial charge in [-0.15, -0.1) is 0 Å². The summed E-state index contributed by atoms with van der Waals surface area (Å²) in [7, 11) is 0. The predicted octanol–water partition coefficient (Wildman–Crippen LogP) is 6.71. The molecule has 0 radical (unpaired) electrons.